The molecule has 1 aromatic heterocycles. The minimum absolute atomic E-state index is 0.0539. The van der Waals surface area contributed by atoms with Crippen molar-refractivity contribution in [3.63, 3.8) is 0 Å². The molecule has 0 spiro atoms. The van der Waals surface area contributed by atoms with Crippen molar-refractivity contribution in [1.82, 2.24) is 25.4 Å². The Morgan fingerprint density at radius 3 is 2.12 bits per heavy atom. The molecule has 2 aromatic rings. The molecular formula is C38H59N5O7S. The number of hydrogen-bond donors (Lipinski definition) is 2. The molecule has 0 unspecified atom stereocenters. The van der Waals surface area contributed by atoms with Gasteiger partial charge in [0.25, 0.3) is 5.91 Å². The zero-order valence-corrected chi connectivity index (χ0v) is 33.3. The van der Waals surface area contributed by atoms with Crippen molar-refractivity contribution in [2.24, 2.45) is 17.8 Å². The Bertz CT molecular complexity index is 1460. The number of hydrogen-bond acceptors (Lipinski definition) is 10. The summed E-state index contributed by atoms with van der Waals surface area (Å²) in [4.78, 5) is 73.6. The summed E-state index contributed by atoms with van der Waals surface area (Å²) in [5.74, 6) is -2.42. The van der Waals surface area contributed by atoms with Crippen LogP contribution >= 0.6 is 11.3 Å². The first kappa shape index (κ1) is 43.3. The first-order chi connectivity index (χ1) is 23.8. The number of thiazole rings is 1. The molecule has 284 valence electrons. The molecule has 0 fully saturated rings. The van der Waals surface area contributed by atoms with Crippen LogP contribution in [0.5, 0.6) is 0 Å². The molecule has 1 heterocycles. The maximum atomic E-state index is 14.1. The van der Waals surface area contributed by atoms with E-state index in [1.54, 1.807) is 43.0 Å². The van der Waals surface area contributed by atoms with Gasteiger partial charge in [-0.3, -0.25) is 28.9 Å². The fourth-order valence-corrected chi connectivity index (χ4v) is 6.54. The Labute approximate surface area is 308 Å². The summed E-state index contributed by atoms with van der Waals surface area (Å²) in [7, 11) is 6.68. The van der Waals surface area contributed by atoms with E-state index in [2.05, 4.69) is 15.6 Å². The number of nitrogens with zero attached hydrogens (tertiary/aromatic N) is 3. The first-order valence-electron chi connectivity index (χ1n) is 17.6. The highest BCUT2D eigenvalue weighted by molar-refractivity contribution is 7.09. The van der Waals surface area contributed by atoms with Crippen LogP contribution in [0.2, 0.25) is 0 Å². The van der Waals surface area contributed by atoms with Crippen LogP contribution in [-0.4, -0.2) is 96.4 Å². The van der Waals surface area contributed by atoms with Crippen LogP contribution in [0.1, 0.15) is 102 Å². The summed E-state index contributed by atoms with van der Waals surface area (Å²) in [6, 6.07) is 8.13. The topological polar surface area (TPSA) is 147 Å². The van der Waals surface area contributed by atoms with Gasteiger partial charge in [-0.2, -0.15) is 0 Å². The molecule has 6 atom stereocenters. The highest BCUT2D eigenvalue weighted by Gasteiger charge is 2.38. The van der Waals surface area contributed by atoms with Gasteiger partial charge in [-0.1, -0.05) is 71.4 Å². The second kappa shape index (κ2) is 19.7. The van der Waals surface area contributed by atoms with Crippen molar-refractivity contribution in [3.05, 3.63) is 52.0 Å². The lowest BCUT2D eigenvalue weighted by Crippen LogP contribution is -2.60. The van der Waals surface area contributed by atoms with Crippen LogP contribution in [0.25, 0.3) is 0 Å². The molecule has 0 bridgehead atoms. The zero-order chi connectivity index (χ0) is 38.6. The fraction of sp³-hybridized carbons (Fsp3) is 0.632. The van der Waals surface area contributed by atoms with Crippen molar-refractivity contribution in [1.29, 1.82) is 0 Å². The van der Waals surface area contributed by atoms with Crippen molar-refractivity contribution in [3.8, 4) is 0 Å². The van der Waals surface area contributed by atoms with Crippen LogP contribution < -0.4 is 10.6 Å². The minimum atomic E-state index is -0.835. The summed E-state index contributed by atoms with van der Waals surface area (Å²) >= 11 is 1.20. The van der Waals surface area contributed by atoms with Gasteiger partial charge in [0.1, 0.15) is 16.7 Å². The number of esters is 2. The number of benzene rings is 1. The summed E-state index contributed by atoms with van der Waals surface area (Å²) in [5, 5.41) is 8.08. The normalized spacial score (nSPS) is 15.3. The van der Waals surface area contributed by atoms with Gasteiger partial charge in [-0.25, -0.2) is 4.98 Å². The van der Waals surface area contributed by atoms with E-state index < -0.39 is 41.5 Å². The van der Waals surface area contributed by atoms with Crippen molar-refractivity contribution in [2.45, 2.75) is 111 Å². The Balaban J connectivity index is 2.35. The number of carbonyl (C=O) groups excluding carboxylic acids is 5. The molecule has 0 aliphatic rings. The summed E-state index contributed by atoms with van der Waals surface area (Å²) in [6.07, 6.45) is 0.933. The molecule has 13 heteroatoms. The standard InChI is InChI=1S/C38H59N5O7S/c1-13-24(4)32(41-37(48)38(7,8)42(9)10)35(46)43(11)30(23(2)3)21-31(50-26(6)44)34-40-29(22-51-34)33(45)39-28(19-25(5)36(47)49-12)20-27-17-15-14-16-18-27/h14-18,22-25,28,30-32H,13,19-21H2,1-12H3,(H,39,45)(H,41,48)/t24-,25-,28+,30+,31+,32-/m0/s1. The van der Waals surface area contributed by atoms with Crippen LogP contribution in [0.15, 0.2) is 35.7 Å². The SMILES string of the molecule is CC[C@H](C)[C@H](NC(=O)C(C)(C)N(C)C)C(=O)N(C)[C@H](C[C@@H](OC(C)=O)c1nc(C(=O)N[C@@H](Cc2ccccc2)C[C@H](C)C(=O)OC)cs1)C(C)C. The molecule has 3 amide bonds. The average molecular weight is 730 g/mol. The maximum absolute atomic E-state index is 14.1. The van der Waals surface area contributed by atoms with Gasteiger partial charge >= 0.3 is 11.9 Å². The number of carbonyl (C=O) groups is 5. The molecule has 0 saturated heterocycles. The monoisotopic (exact) mass is 729 g/mol. The lowest BCUT2D eigenvalue weighted by atomic mass is 9.92. The van der Waals surface area contributed by atoms with E-state index in [1.807, 2.05) is 72.1 Å². The molecule has 0 saturated carbocycles. The largest absolute Gasteiger partial charge is 0.469 e. The number of nitrogens with one attached hydrogen (secondary N) is 2. The number of aromatic nitrogens is 1. The summed E-state index contributed by atoms with van der Waals surface area (Å²) < 4.78 is 10.7. The van der Waals surface area contributed by atoms with E-state index in [0.717, 1.165) is 5.56 Å². The average Bonchev–Trinajstić information content (AvgIpc) is 3.58. The third-order valence-electron chi connectivity index (χ3n) is 9.75. The van der Waals surface area contributed by atoms with E-state index in [9.17, 15) is 24.0 Å². The lowest BCUT2D eigenvalue weighted by molar-refractivity contribution is -0.149. The van der Waals surface area contributed by atoms with Gasteiger partial charge in [0.15, 0.2) is 6.10 Å². The zero-order valence-electron chi connectivity index (χ0n) is 32.4. The van der Waals surface area contributed by atoms with Crippen molar-refractivity contribution < 1.29 is 33.4 Å². The van der Waals surface area contributed by atoms with E-state index in [1.165, 1.54) is 25.4 Å². The number of methoxy groups -OCH3 is 1. The van der Waals surface area contributed by atoms with Gasteiger partial charge in [-0.05, 0) is 58.2 Å². The quantitative estimate of drug-likeness (QED) is 0.190. The number of amides is 3. The predicted molar refractivity (Wildman–Crippen MR) is 199 cm³/mol. The third-order valence-corrected chi connectivity index (χ3v) is 10.7. The Hall–Kier alpha value is -3.84. The molecule has 12 nitrogen and oxygen atoms in total. The predicted octanol–water partition coefficient (Wildman–Crippen LogP) is 5.03. The number of likely N-dealkylation sites (N-methyl/N-ethyl adjacent to an activating group) is 2. The Morgan fingerprint density at radius 2 is 1.59 bits per heavy atom. The maximum Gasteiger partial charge on any atom is 0.308 e. The van der Waals surface area contributed by atoms with E-state index in [-0.39, 0.29) is 47.8 Å². The molecule has 0 radical (unpaired) electrons. The van der Waals surface area contributed by atoms with Crippen LogP contribution in [0.4, 0.5) is 0 Å². The van der Waals surface area contributed by atoms with Crippen molar-refractivity contribution in [2.75, 3.05) is 28.3 Å². The van der Waals surface area contributed by atoms with Gasteiger partial charge in [0.05, 0.1) is 18.6 Å². The van der Waals surface area contributed by atoms with Crippen molar-refractivity contribution >= 4 is 41.0 Å². The lowest BCUT2D eigenvalue weighted by Gasteiger charge is -2.38. The molecule has 2 rings (SSSR count). The minimum Gasteiger partial charge on any atom is -0.469 e. The molecular weight excluding hydrogens is 671 g/mol. The third kappa shape index (κ3) is 12.4. The first-order valence-corrected chi connectivity index (χ1v) is 18.5. The number of rotatable bonds is 19. The van der Waals surface area contributed by atoms with Crippen LogP contribution in [-0.2, 0) is 35.1 Å². The van der Waals surface area contributed by atoms with Gasteiger partial charge in [-0.15, -0.1) is 11.3 Å². The highest BCUT2D eigenvalue weighted by atomic mass is 32.1. The molecule has 2 N–H and O–H groups in total. The van der Waals surface area contributed by atoms with Gasteiger partial charge in [0.2, 0.25) is 11.8 Å². The van der Waals surface area contributed by atoms with Crippen LogP contribution in [0.3, 0.4) is 0 Å². The smallest absolute Gasteiger partial charge is 0.308 e. The molecule has 51 heavy (non-hydrogen) atoms. The van der Waals surface area contributed by atoms with E-state index in [0.29, 0.717) is 24.3 Å². The second-order valence-electron chi connectivity index (χ2n) is 14.5. The van der Waals surface area contributed by atoms with Gasteiger partial charge in [0, 0.05) is 37.9 Å². The number of ether oxygens (including phenoxy) is 2. The molecule has 0 aliphatic heterocycles. The molecule has 0 aliphatic carbocycles. The fourth-order valence-electron chi connectivity index (χ4n) is 5.70. The van der Waals surface area contributed by atoms with Gasteiger partial charge < -0.3 is 25.0 Å². The summed E-state index contributed by atoms with van der Waals surface area (Å²) in [5.41, 5.74) is 0.325. The summed E-state index contributed by atoms with van der Waals surface area (Å²) in [6.45, 7) is 14.6. The highest BCUT2D eigenvalue weighted by Crippen LogP contribution is 2.31. The molecule has 1 aromatic carbocycles. The van der Waals surface area contributed by atoms with Crippen LogP contribution in [0, 0.1) is 17.8 Å². The Morgan fingerprint density at radius 1 is 0.961 bits per heavy atom. The Kier molecular flexibility index (Phi) is 16.7. The van der Waals surface area contributed by atoms with E-state index >= 15 is 0 Å². The van der Waals surface area contributed by atoms with E-state index in [4.69, 9.17) is 9.47 Å². The second-order valence-corrected chi connectivity index (χ2v) is 15.4.